The maximum atomic E-state index is 6.14. The SMILES string of the molecule is Nc1cc2cn[nH]c2cc1Nc1cccc(Cl)c1Cl. The minimum absolute atomic E-state index is 0.466. The van der Waals surface area contributed by atoms with Crippen molar-refractivity contribution in [2.24, 2.45) is 0 Å². The van der Waals surface area contributed by atoms with E-state index >= 15 is 0 Å². The highest BCUT2D eigenvalue weighted by atomic mass is 35.5. The summed E-state index contributed by atoms with van der Waals surface area (Å²) in [5.41, 5.74) is 8.97. The normalized spacial score (nSPS) is 10.8. The van der Waals surface area contributed by atoms with Crippen LogP contribution in [-0.4, -0.2) is 10.2 Å². The van der Waals surface area contributed by atoms with Crippen LogP contribution in [0.4, 0.5) is 17.1 Å². The van der Waals surface area contributed by atoms with E-state index in [1.807, 2.05) is 24.3 Å². The van der Waals surface area contributed by atoms with Crippen LogP contribution in [0.25, 0.3) is 10.9 Å². The summed E-state index contributed by atoms with van der Waals surface area (Å²) in [5.74, 6) is 0. The van der Waals surface area contributed by atoms with Gasteiger partial charge >= 0.3 is 0 Å². The molecule has 0 bridgehead atoms. The van der Waals surface area contributed by atoms with Crippen molar-refractivity contribution in [3.05, 3.63) is 46.6 Å². The number of halogens is 2. The monoisotopic (exact) mass is 292 g/mol. The van der Waals surface area contributed by atoms with E-state index in [9.17, 15) is 0 Å². The third-order valence-electron chi connectivity index (χ3n) is 2.83. The fraction of sp³-hybridized carbons (Fsp3) is 0. The molecule has 0 radical (unpaired) electrons. The lowest BCUT2D eigenvalue weighted by Gasteiger charge is -2.11. The van der Waals surface area contributed by atoms with Crippen molar-refractivity contribution in [1.82, 2.24) is 10.2 Å². The average Bonchev–Trinajstić information content (AvgIpc) is 2.82. The maximum absolute atomic E-state index is 6.14. The van der Waals surface area contributed by atoms with Crippen molar-refractivity contribution in [2.45, 2.75) is 0 Å². The molecule has 3 rings (SSSR count). The minimum atomic E-state index is 0.466. The van der Waals surface area contributed by atoms with E-state index < -0.39 is 0 Å². The number of nitrogens with two attached hydrogens (primary N) is 1. The number of fused-ring (bicyclic) bond motifs is 1. The van der Waals surface area contributed by atoms with Gasteiger partial charge in [-0.3, -0.25) is 5.10 Å². The smallest absolute Gasteiger partial charge is 0.0827 e. The first-order valence-corrected chi connectivity index (χ1v) is 6.34. The molecular weight excluding hydrogens is 283 g/mol. The number of H-pyrrole nitrogens is 1. The molecule has 4 N–H and O–H groups in total. The second kappa shape index (κ2) is 4.64. The Balaban J connectivity index is 2.05. The lowest BCUT2D eigenvalue weighted by Crippen LogP contribution is -1.97. The average molecular weight is 293 g/mol. The Bertz CT molecular complexity index is 751. The number of benzene rings is 2. The molecule has 2 aromatic carbocycles. The lowest BCUT2D eigenvalue weighted by molar-refractivity contribution is 1.12. The summed E-state index contributed by atoms with van der Waals surface area (Å²) in [6.07, 6.45) is 1.72. The molecule has 1 aromatic heterocycles. The molecule has 0 fully saturated rings. The molecule has 0 aliphatic heterocycles. The molecule has 1 heterocycles. The summed E-state index contributed by atoms with van der Waals surface area (Å²) in [6.45, 7) is 0. The Morgan fingerprint density at radius 2 is 2.00 bits per heavy atom. The molecule has 6 heteroatoms. The Kier molecular flexibility index (Phi) is 2.97. The van der Waals surface area contributed by atoms with Crippen LogP contribution in [-0.2, 0) is 0 Å². The molecule has 0 saturated carbocycles. The third-order valence-corrected chi connectivity index (χ3v) is 3.65. The van der Waals surface area contributed by atoms with Gasteiger partial charge in [0.2, 0.25) is 0 Å². The number of nitrogens with zero attached hydrogens (tertiary/aromatic N) is 1. The number of hydrogen-bond acceptors (Lipinski definition) is 3. The molecule has 3 aromatic rings. The zero-order valence-electron chi connectivity index (χ0n) is 9.74. The van der Waals surface area contributed by atoms with E-state index in [1.165, 1.54) is 0 Å². The molecule has 4 nitrogen and oxygen atoms in total. The number of aromatic amines is 1. The van der Waals surface area contributed by atoms with Gasteiger partial charge < -0.3 is 11.1 Å². The van der Waals surface area contributed by atoms with Crippen molar-refractivity contribution in [3.63, 3.8) is 0 Å². The van der Waals surface area contributed by atoms with Crippen LogP contribution < -0.4 is 11.1 Å². The molecule has 0 spiro atoms. The van der Waals surface area contributed by atoms with Crippen LogP contribution in [0, 0.1) is 0 Å². The molecule has 0 aliphatic rings. The Hall–Kier alpha value is -1.91. The first-order valence-electron chi connectivity index (χ1n) is 5.59. The quantitative estimate of drug-likeness (QED) is 0.620. The molecule has 0 atom stereocenters. The van der Waals surface area contributed by atoms with E-state index in [0.29, 0.717) is 21.4 Å². The predicted octanol–water partition coefficient (Wildman–Crippen LogP) is 4.20. The van der Waals surface area contributed by atoms with Crippen molar-refractivity contribution in [3.8, 4) is 0 Å². The van der Waals surface area contributed by atoms with Crippen molar-refractivity contribution in [1.29, 1.82) is 0 Å². The summed E-state index contributed by atoms with van der Waals surface area (Å²) < 4.78 is 0. The second-order valence-corrected chi connectivity index (χ2v) is 4.91. The van der Waals surface area contributed by atoms with Gasteiger partial charge in [-0.2, -0.15) is 5.10 Å². The van der Waals surface area contributed by atoms with Crippen LogP contribution >= 0.6 is 23.2 Å². The molecular formula is C13H10Cl2N4. The number of rotatable bonds is 2. The van der Waals surface area contributed by atoms with Crippen LogP contribution in [0.5, 0.6) is 0 Å². The van der Waals surface area contributed by atoms with Crippen LogP contribution in [0.15, 0.2) is 36.5 Å². The van der Waals surface area contributed by atoms with Gasteiger partial charge in [0.05, 0.1) is 38.8 Å². The molecule has 0 unspecified atom stereocenters. The Morgan fingerprint density at radius 1 is 1.16 bits per heavy atom. The summed E-state index contributed by atoms with van der Waals surface area (Å²) >= 11 is 12.1. The highest BCUT2D eigenvalue weighted by Gasteiger charge is 2.08. The second-order valence-electron chi connectivity index (χ2n) is 4.12. The van der Waals surface area contributed by atoms with Crippen molar-refractivity contribution < 1.29 is 0 Å². The Morgan fingerprint density at radius 3 is 2.84 bits per heavy atom. The fourth-order valence-corrected chi connectivity index (χ4v) is 2.21. The van der Waals surface area contributed by atoms with Gasteiger partial charge in [0, 0.05) is 5.39 Å². The summed E-state index contributed by atoms with van der Waals surface area (Å²) in [6, 6.07) is 9.12. The maximum Gasteiger partial charge on any atom is 0.0827 e. The number of hydrogen-bond donors (Lipinski definition) is 3. The van der Waals surface area contributed by atoms with E-state index in [-0.39, 0.29) is 0 Å². The van der Waals surface area contributed by atoms with Crippen molar-refractivity contribution >= 4 is 51.2 Å². The molecule has 0 saturated heterocycles. The number of aromatic nitrogens is 2. The highest BCUT2D eigenvalue weighted by Crippen LogP contribution is 2.34. The van der Waals surface area contributed by atoms with Gasteiger partial charge in [0.15, 0.2) is 0 Å². The van der Waals surface area contributed by atoms with Crippen LogP contribution in [0.3, 0.4) is 0 Å². The number of anilines is 3. The van der Waals surface area contributed by atoms with E-state index in [0.717, 1.165) is 16.6 Å². The van der Waals surface area contributed by atoms with Gasteiger partial charge in [0.25, 0.3) is 0 Å². The van der Waals surface area contributed by atoms with E-state index in [4.69, 9.17) is 28.9 Å². The predicted molar refractivity (Wildman–Crippen MR) is 80.3 cm³/mol. The summed E-state index contributed by atoms with van der Waals surface area (Å²) in [7, 11) is 0. The molecule has 96 valence electrons. The van der Waals surface area contributed by atoms with Gasteiger partial charge in [0.1, 0.15) is 0 Å². The van der Waals surface area contributed by atoms with Crippen LogP contribution in [0.2, 0.25) is 10.0 Å². The van der Waals surface area contributed by atoms with Crippen molar-refractivity contribution in [2.75, 3.05) is 11.1 Å². The molecule has 0 amide bonds. The lowest BCUT2D eigenvalue weighted by atomic mass is 10.2. The summed E-state index contributed by atoms with van der Waals surface area (Å²) in [5, 5.41) is 12.0. The standard InChI is InChI=1S/C13H10Cl2N4/c14-8-2-1-3-10(13(8)15)18-12-5-11-7(4-9(12)16)6-17-19-11/h1-6,18H,16H2,(H,17,19). The highest BCUT2D eigenvalue weighted by molar-refractivity contribution is 6.43. The minimum Gasteiger partial charge on any atom is -0.397 e. The van der Waals surface area contributed by atoms with Gasteiger partial charge in [-0.15, -0.1) is 0 Å². The third kappa shape index (κ3) is 2.20. The zero-order chi connectivity index (χ0) is 13.4. The van der Waals surface area contributed by atoms with E-state index in [2.05, 4.69) is 15.5 Å². The first kappa shape index (κ1) is 12.1. The van der Waals surface area contributed by atoms with Gasteiger partial charge in [-0.25, -0.2) is 0 Å². The molecule has 0 aliphatic carbocycles. The van der Waals surface area contributed by atoms with E-state index in [1.54, 1.807) is 12.3 Å². The van der Waals surface area contributed by atoms with Gasteiger partial charge in [-0.1, -0.05) is 29.3 Å². The zero-order valence-corrected chi connectivity index (χ0v) is 11.3. The Labute approximate surface area is 119 Å². The number of nitrogens with one attached hydrogen (secondary N) is 2. The largest absolute Gasteiger partial charge is 0.397 e. The topological polar surface area (TPSA) is 66.7 Å². The molecule has 19 heavy (non-hydrogen) atoms. The fourth-order valence-electron chi connectivity index (χ4n) is 1.86. The number of nitrogen functional groups attached to an aromatic ring is 1. The first-order chi connectivity index (χ1) is 9.15. The van der Waals surface area contributed by atoms with Gasteiger partial charge in [-0.05, 0) is 24.3 Å². The summed E-state index contributed by atoms with van der Waals surface area (Å²) in [4.78, 5) is 0. The van der Waals surface area contributed by atoms with Crippen LogP contribution in [0.1, 0.15) is 0 Å².